The summed E-state index contributed by atoms with van der Waals surface area (Å²) < 4.78 is 5.45. The second kappa shape index (κ2) is 8.23. The Kier molecular flexibility index (Phi) is 5.32. The molecule has 1 aromatic heterocycles. The van der Waals surface area contributed by atoms with Gasteiger partial charge in [-0.1, -0.05) is 36.4 Å². The Bertz CT molecular complexity index is 1320. The molecule has 0 spiro atoms. The number of carbonyl (C=O) groups is 1. The number of carbonyl (C=O) groups excluding carboxylic acids is 1. The molecule has 7 nitrogen and oxygen atoms in total. The normalized spacial score (nSPS) is 10.6. The fraction of sp³-hybridized carbons (Fsp3) is 0.0833. The van der Waals surface area contributed by atoms with E-state index < -0.39 is 4.92 Å². The van der Waals surface area contributed by atoms with Gasteiger partial charge in [0, 0.05) is 28.3 Å². The van der Waals surface area contributed by atoms with Gasteiger partial charge in [0.15, 0.2) is 0 Å². The average Bonchev–Trinajstić information content (AvgIpc) is 2.79. The van der Waals surface area contributed by atoms with E-state index in [1.807, 2.05) is 48.5 Å². The summed E-state index contributed by atoms with van der Waals surface area (Å²) in [5.41, 5.74) is 3.25. The Balaban J connectivity index is 1.80. The predicted octanol–water partition coefficient (Wildman–Crippen LogP) is 5.38. The van der Waals surface area contributed by atoms with Crippen molar-refractivity contribution in [1.82, 2.24) is 4.98 Å². The molecular formula is C24H19N3O4. The summed E-state index contributed by atoms with van der Waals surface area (Å²) in [6.45, 7) is 1.65. The van der Waals surface area contributed by atoms with Crippen molar-refractivity contribution < 1.29 is 14.5 Å². The molecule has 0 unspecified atom stereocenters. The molecule has 0 saturated carbocycles. The Morgan fingerprint density at radius 3 is 2.55 bits per heavy atom. The number of para-hydroxylation sites is 2. The van der Waals surface area contributed by atoms with Crippen LogP contribution in [0.15, 0.2) is 72.8 Å². The predicted molar refractivity (Wildman–Crippen MR) is 120 cm³/mol. The number of anilines is 1. The van der Waals surface area contributed by atoms with Crippen LogP contribution in [0.25, 0.3) is 22.2 Å². The molecule has 1 amide bonds. The fourth-order valence-electron chi connectivity index (χ4n) is 3.44. The first-order valence-corrected chi connectivity index (χ1v) is 9.57. The minimum Gasteiger partial charge on any atom is -0.496 e. The van der Waals surface area contributed by atoms with Crippen molar-refractivity contribution in [3.8, 4) is 17.0 Å². The van der Waals surface area contributed by atoms with Crippen LogP contribution in [0.1, 0.15) is 15.9 Å². The quantitative estimate of drug-likeness (QED) is 0.350. The Labute approximate surface area is 178 Å². The van der Waals surface area contributed by atoms with Gasteiger partial charge in [-0.2, -0.15) is 0 Å². The Hall–Kier alpha value is -4.26. The first kappa shape index (κ1) is 20.0. The molecule has 4 rings (SSSR count). The number of aromatic nitrogens is 1. The van der Waals surface area contributed by atoms with Crippen molar-refractivity contribution >= 4 is 28.2 Å². The van der Waals surface area contributed by atoms with Crippen molar-refractivity contribution in [3.05, 3.63) is 94.0 Å². The number of hydrogen-bond acceptors (Lipinski definition) is 5. The maximum Gasteiger partial charge on any atom is 0.274 e. The van der Waals surface area contributed by atoms with Gasteiger partial charge in [0.05, 0.1) is 28.8 Å². The van der Waals surface area contributed by atoms with Crippen molar-refractivity contribution in [2.45, 2.75) is 6.92 Å². The van der Waals surface area contributed by atoms with Gasteiger partial charge in [0.2, 0.25) is 0 Å². The molecule has 0 bridgehead atoms. The lowest BCUT2D eigenvalue weighted by Crippen LogP contribution is -2.13. The van der Waals surface area contributed by atoms with E-state index in [-0.39, 0.29) is 11.6 Å². The molecule has 1 N–H and O–H groups in total. The second-order valence-electron chi connectivity index (χ2n) is 6.98. The van der Waals surface area contributed by atoms with Crippen LogP contribution in [-0.4, -0.2) is 22.9 Å². The zero-order valence-electron chi connectivity index (χ0n) is 17.0. The summed E-state index contributed by atoms with van der Waals surface area (Å²) in [4.78, 5) is 28.7. The molecule has 0 saturated heterocycles. The molecule has 154 valence electrons. The zero-order valence-corrected chi connectivity index (χ0v) is 17.0. The fourth-order valence-corrected chi connectivity index (χ4v) is 3.44. The number of benzene rings is 3. The monoisotopic (exact) mass is 413 g/mol. The van der Waals surface area contributed by atoms with E-state index in [1.54, 1.807) is 32.2 Å². The minimum atomic E-state index is -0.466. The summed E-state index contributed by atoms with van der Waals surface area (Å²) >= 11 is 0. The zero-order chi connectivity index (χ0) is 22.0. The van der Waals surface area contributed by atoms with Gasteiger partial charge >= 0.3 is 0 Å². The number of nitrogens with one attached hydrogen (secondary N) is 1. The van der Waals surface area contributed by atoms with Crippen LogP contribution in [0, 0.1) is 17.0 Å². The van der Waals surface area contributed by atoms with E-state index in [2.05, 4.69) is 5.32 Å². The highest BCUT2D eigenvalue weighted by molar-refractivity contribution is 6.13. The third kappa shape index (κ3) is 3.93. The molecule has 3 aromatic carbocycles. The van der Waals surface area contributed by atoms with Crippen molar-refractivity contribution in [2.75, 3.05) is 12.4 Å². The summed E-state index contributed by atoms with van der Waals surface area (Å²) in [5, 5.41) is 14.7. The number of hydrogen-bond donors (Lipinski definition) is 1. The maximum absolute atomic E-state index is 13.2. The standard InChI is InChI=1S/C24H19N3O4/c1-15-11-12-16(13-22(15)27(29)30)25-24(28)19-14-21(18-8-4-6-10-23(18)31-2)26-20-9-5-3-7-17(19)20/h3-14H,1-2H3,(H,25,28). The highest BCUT2D eigenvalue weighted by Crippen LogP contribution is 2.32. The topological polar surface area (TPSA) is 94.4 Å². The van der Waals surface area contributed by atoms with E-state index in [4.69, 9.17) is 9.72 Å². The van der Waals surface area contributed by atoms with Crippen LogP contribution < -0.4 is 10.1 Å². The molecule has 7 heteroatoms. The summed E-state index contributed by atoms with van der Waals surface area (Å²) in [6.07, 6.45) is 0. The van der Waals surface area contributed by atoms with Gasteiger partial charge in [0.1, 0.15) is 5.75 Å². The number of fused-ring (bicyclic) bond motifs is 1. The van der Waals surface area contributed by atoms with Crippen LogP contribution >= 0.6 is 0 Å². The van der Waals surface area contributed by atoms with Crippen LogP contribution in [-0.2, 0) is 0 Å². The number of rotatable bonds is 5. The molecule has 0 aliphatic carbocycles. The molecule has 0 radical (unpaired) electrons. The number of pyridine rings is 1. The van der Waals surface area contributed by atoms with Gasteiger partial charge < -0.3 is 10.1 Å². The average molecular weight is 413 g/mol. The molecular weight excluding hydrogens is 394 g/mol. The van der Waals surface area contributed by atoms with Crippen LogP contribution in [0.2, 0.25) is 0 Å². The number of methoxy groups -OCH3 is 1. The third-order valence-corrected chi connectivity index (χ3v) is 5.01. The molecule has 1 heterocycles. The first-order chi connectivity index (χ1) is 15.0. The maximum atomic E-state index is 13.2. The van der Waals surface area contributed by atoms with E-state index >= 15 is 0 Å². The largest absolute Gasteiger partial charge is 0.496 e. The number of nitro benzene ring substituents is 1. The van der Waals surface area contributed by atoms with Gasteiger partial charge in [-0.3, -0.25) is 14.9 Å². The van der Waals surface area contributed by atoms with Crippen LogP contribution in [0.3, 0.4) is 0 Å². The van der Waals surface area contributed by atoms with E-state index in [0.29, 0.717) is 39.2 Å². The van der Waals surface area contributed by atoms with Crippen molar-refractivity contribution in [1.29, 1.82) is 0 Å². The Morgan fingerprint density at radius 2 is 1.77 bits per heavy atom. The molecule has 0 aliphatic heterocycles. The van der Waals surface area contributed by atoms with Gasteiger partial charge in [-0.15, -0.1) is 0 Å². The number of nitrogens with zero attached hydrogens (tertiary/aromatic N) is 2. The van der Waals surface area contributed by atoms with Gasteiger partial charge in [-0.05, 0) is 37.3 Å². The highest BCUT2D eigenvalue weighted by Gasteiger charge is 2.17. The molecule has 4 aromatic rings. The number of amides is 1. The molecule has 0 atom stereocenters. The van der Waals surface area contributed by atoms with Crippen molar-refractivity contribution in [2.24, 2.45) is 0 Å². The van der Waals surface area contributed by atoms with Gasteiger partial charge in [0.25, 0.3) is 11.6 Å². The lowest BCUT2D eigenvalue weighted by atomic mass is 10.0. The smallest absolute Gasteiger partial charge is 0.274 e. The SMILES string of the molecule is COc1ccccc1-c1cc(C(=O)Nc2ccc(C)c([N+](=O)[O-])c2)c2ccccc2n1. The number of nitro groups is 1. The summed E-state index contributed by atoms with van der Waals surface area (Å²) in [5.74, 6) is 0.263. The summed E-state index contributed by atoms with van der Waals surface area (Å²) in [6, 6.07) is 21.1. The second-order valence-corrected chi connectivity index (χ2v) is 6.98. The number of ether oxygens (including phenoxy) is 1. The molecule has 0 aliphatic rings. The minimum absolute atomic E-state index is 0.0490. The van der Waals surface area contributed by atoms with E-state index in [0.717, 1.165) is 5.56 Å². The van der Waals surface area contributed by atoms with E-state index in [1.165, 1.54) is 6.07 Å². The molecule has 31 heavy (non-hydrogen) atoms. The first-order valence-electron chi connectivity index (χ1n) is 9.57. The number of aryl methyl sites for hydroxylation is 1. The lowest BCUT2D eigenvalue weighted by Gasteiger charge is -2.12. The molecule has 0 fully saturated rings. The van der Waals surface area contributed by atoms with E-state index in [9.17, 15) is 14.9 Å². The lowest BCUT2D eigenvalue weighted by molar-refractivity contribution is -0.385. The Morgan fingerprint density at radius 1 is 1.03 bits per heavy atom. The third-order valence-electron chi connectivity index (χ3n) is 5.01. The van der Waals surface area contributed by atoms with Crippen LogP contribution in [0.4, 0.5) is 11.4 Å². The van der Waals surface area contributed by atoms with Crippen molar-refractivity contribution in [3.63, 3.8) is 0 Å². The van der Waals surface area contributed by atoms with Crippen LogP contribution in [0.5, 0.6) is 5.75 Å². The summed E-state index contributed by atoms with van der Waals surface area (Å²) in [7, 11) is 1.58. The highest BCUT2D eigenvalue weighted by atomic mass is 16.6. The van der Waals surface area contributed by atoms with Gasteiger partial charge in [-0.25, -0.2) is 4.98 Å².